The molecule has 0 saturated heterocycles. The molecule has 0 aliphatic heterocycles. The molecule has 1 N–H and O–H groups in total. The molecule has 0 heterocycles. The summed E-state index contributed by atoms with van der Waals surface area (Å²) in [5, 5.41) is 2.83. The molecule has 104 valence electrons. The number of nitrogens with one attached hydrogen (secondary N) is 1. The van der Waals surface area contributed by atoms with Crippen molar-refractivity contribution >= 4 is 55.1 Å². The highest BCUT2D eigenvalue weighted by atomic mass is 79.9. The second kappa shape index (κ2) is 6.20. The van der Waals surface area contributed by atoms with Gasteiger partial charge < -0.3 is 5.32 Å². The molecule has 0 bridgehead atoms. The van der Waals surface area contributed by atoms with Crippen LogP contribution in [0.25, 0.3) is 0 Å². The fraction of sp³-hybridized carbons (Fsp3) is 0. The van der Waals surface area contributed by atoms with Crippen LogP contribution in [0.1, 0.15) is 10.4 Å². The Hall–Kier alpha value is -0.980. The van der Waals surface area contributed by atoms with Crippen molar-refractivity contribution in [2.24, 2.45) is 0 Å². The molecule has 0 unspecified atom stereocenters. The van der Waals surface area contributed by atoms with Gasteiger partial charge in [-0.25, -0.2) is 8.78 Å². The molecule has 0 aromatic heterocycles. The predicted molar refractivity (Wildman–Crippen MR) is 81.2 cm³/mol. The van der Waals surface area contributed by atoms with Gasteiger partial charge in [0.2, 0.25) is 0 Å². The van der Waals surface area contributed by atoms with E-state index in [1.54, 1.807) is 0 Å². The molecule has 20 heavy (non-hydrogen) atoms. The van der Waals surface area contributed by atoms with Crippen LogP contribution < -0.4 is 5.32 Å². The van der Waals surface area contributed by atoms with E-state index in [-0.39, 0.29) is 15.7 Å². The van der Waals surface area contributed by atoms with E-state index in [9.17, 15) is 13.6 Å². The fourth-order valence-electron chi connectivity index (χ4n) is 1.48. The molecular weight excluding hydrogens is 419 g/mol. The Kier molecular flexibility index (Phi) is 4.78. The van der Waals surface area contributed by atoms with Crippen LogP contribution in [-0.2, 0) is 0 Å². The largest absolute Gasteiger partial charge is 0.319 e. The maximum atomic E-state index is 13.6. The summed E-state index contributed by atoms with van der Waals surface area (Å²) in [5.74, 6) is -2.13. The molecule has 0 saturated carbocycles. The monoisotopic (exact) mass is 423 g/mol. The van der Waals surface area contributed by atoms with Crippen molar-refractivity contribution in [2.45, 2.75) is 0 Å². The zero-order valence-electron chi connectivity index (χ0n) is 9.68. The highest BCUT2D eigenvalue weighted by Gasteiger charge is 2.14. The quantitative estimate of drug-likeness (QED) is 0.686. The van der Waals surface area contributed by atoms with Crippen LogP contribution in [-0.4, -0.2) is 5.91 Å². The summed E-state index contributed by atoms with van der Waals surface area (Å²) < 4.78 is 27.2. The molecule has 0 aliphatic carbocycles. The summed E-state index contributed by atoms with van der Waals surface area (Å²) in [7, 11) is 0. The molecule has 7 heteroatoms. The highest BCUT2D eigenvalue weighted by molar-refractivity contribution is 9.11. The highest BCUT2D eigenvalue weighted by Crippen LogP contribution is 2.28. The van der Waals surface area contributed by atoms with E-state index in [0.29, 0.717) is 15.6 Å². The maximum Gasteiger partial charge on any atom is 0.255 e. The smallest absolute Gasteiger partial charge is 0.255 e. The molecule has 0 spiro atoms. The van der Waals surface area contributed by atoms with Gasteiger partial charge in [0.1, 0.15) is 5.82 Å². The zero-order chi connectivity index (χ0) is 14.9. The van der Waals surface area contributed by atoms with Crippen molar-refractivity contribution < 1.29 is 13.6 Å². The number of rotatable bonds is 2. The minimum Gasteiger partial charge on any atom is -0.319 e. The van der Waals surface area contributed by atoms with Gasteiger partial charge in [0.25, 0.3) is 5.91 Å². The predicted octanol–water partition coefficient (Wildman–Crippen LogP) is 5.40. The topological polar surface area (TPSA) is 29.1 Å². The molecule has 0 radical (unpaired) electrons. The number of anilines is 1. The summed E-state index contributed by atoms with van der Waals surface area (Å²) in [5.41, 5.74) is 0.166. The summed E-state index contributed by atoms with van der Waals surface area (Å²) in [6, 6.07) is 6.30. The van der Waals surface area contributed by atoms with Gasteiger partial charge in [0, 0.05) is 20.6 Å². The lowest BCUT2D eigenvalue weighted by Crippen LogP contribution is -2.13. The van der Waals surface area contributed by atoms with Crippen molar-refractivity contribution in [3.63, 3.8) is 0 Å². The third-order valence-electron chi connectivity index (χ3n) is 2.43. The Balaban J connectivity index is 2.30. The number of carbonyl (C=O) groups excluding carboxylic acids is 1. The Morgan fingerprint density at radius 2 is 1.80 bits per heavy atom. The van der Waals surface area contributed by atoms with Gasteiger partial charge in [0.05, 0.1) is 10.7 Å². The van der Waals surface area contributed by atoms with Crippen molar-refractivity contribution in [1.82, 2.24) is 0 Å². The molecule has 2 aromatic rings. The Morgan fingerprint density at radius 1 is 1.10 bits per heavy atom. The zero-order valence-corrected chi connectivity index (χ0v) is 13.6. The lowest BCUT2D eigenvalue weighted by molar-refractivity contribution is 0.102. The first-order valence-corrected chi connectivity index (χ1v) is 7.26. The van der Waals surface area contributed by atoms with E-state index in [1.165, 1.54) is 18.2 Å². The van der Waals surface area contributed by atoms with Crippen LogP contribution in [0, 0.1) is 11.6 Å². The SMILES string of the molecule is O=C(Nc1c(F)cc(F)cc1Br)c1ccc(Cl)c(Br)c1. The summed E-state index contributed by atoms with van der Waals surface area (Å²) in [4.78, 5) is 12.0. The standard InChI is InChI=1S/C13H6Br2ClF2NO/c14-8-3-6(1-2-10(8)16)13(20)19-12-9(15)4-7(17)5-11(12)18/h1-5H,(H,19,20). The third kappa shape index (κ3) is 3.37. The van der Waals surface area contributed by atoms with Gasteiger partial charge in [-0.3, -0.25) is 4.79 Å². The van der Waals surface area contributed by atoms with Gasteiger partial charge in [-0.2, -0.15) is 0 Å². The lowest BCUT2D eigenvalue weighted by Gasteiger charge is -2.09. The van der Waals surface area contributed by atoms with Crippen LogP contribution in [0.4, 0.5) is 14.5 Å². The molecule has 2 rings (SSSR count). The summed E-state index contributed by atoms with van der Waals surface area (Å²) in [6.45, 7) is 0. The number of hydrogen-bond donors (Lipinski definition) is 1. The van der Waals surface area contributed by atoms with Crippen molar-refractivity contribution in [3.8, 4) is 0 Å². The minimum atomic E-state index is -0.863. The van der Waals surface area contributed by atoms with Crippen molar-refractivity contribution in [3.05, 3.63) is 61.5 Å². The van der Waals surface area contributed by atoms with E-state index in [1.807, 2.05) is 0 Å². The first-order chi connectivity index (χ1) is 9.38. The van der Waals surface area contributed by atoms with Gasteiger partial charge >= 0.3 is 0 Å². The Morgan fingerprint density at radius 3 is 2.40 bits per heavy atom. The van der Waals surface area contributed by atoms with Crippen molar-refractivity contribution in [2.75, 3.05) is 5.32 Å². The number of hydrogen-bond acceptors (Lipinski definition) is 1. The van der Waals surface area contributed by atoms with E-state index < -0.39 is 17.5 Å². The van der Waals surface area contributed by atoms with Crippen molar-refractivity contribution in [1.29, 1.82) is 0 Å². The Labute approximate surface area is 135 Å². The van der Waals surface area contributed by atoms with Crippen LogP contribution in [0.15, 0.2) is 39.3 Å². The van der Waals surface area contributed by atoms with Crippen LogP contribution in [0.2, 0.25) is 5.02 Å². The van der Waals surface area contributed by atoms with Crippen LogP contribution in [0.3, 0.4) is 0 Å². The molecule has 1 amide bonds. The first kappa shape index (κ1) is 15.4. The summed E-state index contributed by atoms with van der Waals surface area (Å²) in [6.07, 6.45) is 0. The number of amides is 1. The van der Waals surface area contributed by atoms with Crippen LogP contribution in [0.5, 0.6) is 0 Å². The fourth-order valence-corrected chi connectivity index (χ4v) is 2.49. The first-order valence-electron chi connectivity index (χ1n) is 5.29. The Bertz CT molecular complexity index is 671. The number of benzene rings is 2. The second-order valence-electron chi connectivity index (χ2n) is 3.83. The maximum absolute atomic E-state index is 13.6. The molecular formula is C13H6Br2ClF2NO. The normalized spacial score (nSPS) is 10.4. The van der Waals surface area contributed by atoms with Gasteiger partial charge in [-0.15, -0.1) is 0 Å². The average Bonchev–Trinajstić information content (AvgIpc) is 2.36. The molecule has 0 atom stereocenters. The minimum absolute atomic E-state index is 0.122. The number of halogens is 5. The van der Waals surface area contributed by atoms with Crippen LogP contribution >= 0.6 is 43.5 Å². The van der Waals surface area contributed by atoms with E-state index in [0.717, 1.165) is 6.07 Å². The van der Waals surface area contributed by atoms with Gasteiger partial charge in [-0.1, -0.05) is 11.6 Å². The summed E-state index contributed by atoms with van der Waals surface area (Å²) >= 11 is 12.0. The van der Waals surface area contributed by atoms with Gasteiger partial charge in [-0.05, 0) is 56.1 Å². The molecule has 2 aromatic carbocycles. The lowest BCUT2D eigenvalue weighted by atomic mass is 10.2. The molecule has 2 nitrogen and oxygen atoms in total. The molecule has 0 fully saturated rings. The van der Waals surface area contributed by atoms with E-state index in [2.05, 4.69) is 37.2 Å². The molecule has 0 aliphatic rings. The van der Waals surface area contributed by atoms with E-state index in [4.69, 9.17) is 11.6 Å². The second-order valence-corrected chi connectivity index (χ2v) is 5.94. The van der Waals surface area contributed by atoms with Gasteiger partial charge in [0.15, 0.2) is 5.82 Å². The van der Waals surface area contributed by atoms with E-state index >= 15 is 0 Å². The number of carbonyl (C=O) groups is 1. The third-order valence-corrected chi connectivity index (χ3v) is 4.27. The average molecular weight is 425 g/mol.